The number of nitrogens with one attached hydrogen (secondary N) is 1. The molecule has 1 aliphatic carbocycles. The zero-order chi connectivity index (χ0) is 14.3. The predicted octanol–water partition coefficient (Wildman–Crippen LogP) is 1.47. The van der Waals surface area contributed by atoms with Crippen LogP contribution in [0, 0.1) is 5.92 Å². The Kier molecular flexibility index (Phi) is 3.28. The zero-order valence-electron chi connectivity index (χ0n) is 11.2. The third kappa shape index (κ3) is 2.44. The molecule has 1 unspecified atom stereocenters. The maximum absolute atomic E-state index is 12.6. The topological polar surface area (TPSA) is 62.3 Å². The number of aromatic nitrogens is 1. The summed E-state index contributed by atoms with van der Waals surface area (Å²) in [4.78, 5) is 30.3. The zero-order valence-corrected chi connectivity index (χ0v) is 12.8. The fourth-order valence-electron chi connectivity index (χ4n) is 2.78. The number of rotatable bonds is 3. The van der Waals surface area contributed by atoms with Gasteiger partial charge in [0.25, 0.3) is 0 Å². The Morgan fingerprint density at radius 1 is 1.45 bits per heavy atom. The lowest BCUT2D eigenvalue weighted by atomic mass is 9.91. The monoisotopic (exact) mass is 337 g/mol. The van der Waals surface area contributed by atoms with E-state index in [-0.39, 0.29) is 24.3 Å². The molecule has 0 aromatic carbocycles. The van der Waals surface area contributed by atoms with E-state index in [1.807, 2.05) is 13.0 Å². The minimum absolute atomic E-state index is 0.0135. The van der Waals surface area contributed by atoms with Crippen molar-refractivity contribution < 1.29 is 9.59 Å². The minimum atomic E-state index is -0.727. The summed E-state index contributed by atoms with van der Waals surface area (Å²) in [6, 6.07) is 1.92. The van der Waals surface area contributed by atoms with Crippen LogP contribution in [-0.2, 0) is 16.1 Å². The van der Waals surface area contributed by atoms with E-state index in [2.05, 4.69) is 26.2 Å². The lowest BCUT2D eigenvalue weighted by Gasteiger charge is -2.40. The molecule has 2 fully saturated rings. The highest BCUT2D eigenvalue weighted by molar-refractivity contribution is 9.10. The molecule has 1 atom stereocenters. The highest BCUT2D eigenvalue weighted by Crippen LogP contribution is 2.41. The molecule has 20 heavy (non-hydrogen) atoms. The van der Waals surface area contributed by atoms with Gasteiger partial charge in [-0.05, 0) is 53.2 Å². The Bertz CT molecular complexity index is 573. The highest BCUT2D eigenvalue weighted by atomic mass is 79.9. The molecule has 1 saturated heterocycles. The summed E-state index contributed by atoms with van der Waals surface area (Å²) in [6.45, 7) is 2.38. The fraction of sp³-hybridized carbons (Fsp3) is 0.500. The molecule has 3 rings (SSSR count). The molecular weight excluding hydrogens is 322 g/mol. The van der Waals surface area contributed by atoms with E-state index in [1.165, 1.54) is 0 Å². The van der Waals surface area contributed by atoms with Crippen molar-refractivity contribution in [1.29, 1.82) is 0 Å². The molecule has 0 radical (unpaired) electrons. The van der Waals surface area contributed by atoms with E-state index < -0.39 is 5.54 Å². The Morgan fingerprint density at radius 2 is 2.20 bits per heavy atom. The molecule has 6 heteroatoms. The summed E-state index contributed by atoms with van der Waals surface area (Å²) in [5, 5.41) is 2.88. The Morgan fingerprint density at radius 3 is 2.85 bits per heavy atom. The third-order valence-electron chi connectivity index (χ3n) is 3.99. The Labute approximate surface area is 125 Å². The first kappa shape index (κ1) is 13.5. The molecule has 2 heterocycles. The Balaban J connectivity index is 1.81. The number of pyridine rings is 1. The molecule has 1 aromatic heterocycles. The number of piperazine rings is 1. The van der Waals surface area contributed by atoms with Crippen LogP contribution in [0.5, 0.6) is 0 Å². The van der Waals surface area contributed by atoms with Gasteiger partial charge in [-0.1, -0.05) is 0 Å². The number of halogens is 1. The second-order valence-corrected chi connectivity index (χ2v) is 6.61. The van der Waals surface area contributed by atoms with E-state index >= 15 is 0 Å². The number of nitrogens with zero attached hydrogens (tertiary/aromatic N) is 2. The smallest absolute Gasteiger partial charge is 0.249 e. The van der Waals surface area contributed by atoms with Crippen LogP contribution < -0.4 is 5.32 Å². The second-order valence-electron chi connectivity index (χ2n) is 5.70. The molecule has 1 aliphatic heterocycles. The lowest BCUT2D eigenvalue weighted by molar-refractivity contribution is -0.150. The molecule has 2 aliphatic rings. The number of hydrogen-bond acceptors (Lipinski definition) is 3. The van der Waals surface area contributed by atoms with Crippen molar-refractivity contribution in [2.45, 2.75) is 31.8 Å². The standard InChI is InChI=1S/C14H16BrN3O2/c1-14(10-2-3-10)13(20)18(8-12(19)17-14)7-9-4-11(15)6-16-5-9/h4-6,10H,2-3,7-8H2,1H3,(H,17,19). The molecule has 1 N–H and O–H groups in total. The normalized spacial score (nSPS) is 26.6. The van der Waals surface area contributed by atoms with E-state index in [1.54, 1.807) is 17.3 Å². The van der Waals surface area contributed by atoms with Crippen LogP contribution in [-0.4, -0.2) is 33.8 Å². The molecular formula is C14H16BrN3O2. The predicted molar refractivity (Wildman–Crippen MR) is 76.6 cm³/mol. The van der Waals surface area contributed by atoms with Gasteiger partial charge in [0.1, 0.15) is 5.54 Å². The SMILES string of the molecule is CC1(C2CC2)NC(=O)CN(Cc2cncc(Br)c2)C1=O. The first-order chi connectivity index (χ1) is 9.49. The maximum atomic E-state index is 12.6. The Hall–Kier alpha value is -1.43. The van der Waals surface area contributed by atoms with Gasteiger partial charge in [0.05, 0.1) is 6.54 Å². The van der Waals surface area contributed by atoms with Gasteiger partial charge in [0, 0.05) is 23.4 Å². The first-order valence-corrected chi connectivity index (χ1v) is 7.48. The first-order valence-electron chi connectivity index (χ1n) is 6.69. The van der Waals surface area contributed by atoms with Crippen LogP contribution in [0.15, 0.2) is 22.9 Å². The summed E-state index contributed by atoms with van der Waals surface area (Å²) in [7, 11) is 0. The van der Waals surface area contributed by atoms with Gasteiger partial charge < -0.3 is 10.2 Å². The summed E-state index contributed by atoms with van der Waals surface area (Å²) in [5.74, 6) is 0.212. The molecule has 1 saturated carbocycles. The molecule has 106 valence electrons. The van der Waals surface area contributed by atoms with Gasteiger partial charge in [0.15, 0.2) is 0 Å². The van der Waals surface area contributed by atoms with Crippen LogP contribution >= 0.6 is 15.9 Å². The van der Waals surface area contributed by atoms with Crippen LogP contribution in [0.2, 0.25) is 0 Å². The highest BCUT2D eigenvalue weighted by Gasteiger charge is 2.52. The van der Waals surface area contributed by atoms with Crippen LogP contribution in [0.3, 0.4) is 0 Å². The average Bonchev–Trinajstić information content (AvgIpc) is 3.20. The van der Waals surface area contributed by atoms with Crippen molar-refractivity contribution in [3.05, 3.63) is 28.5 Å². The van der Waals surface area contributed by atoms with Crippen LogP contribution in [0.4, 0.5) is 0 Å². The van der Waals surface area contributed by atoms with Gasteiger partial charge in [-0.3, -0.25) is 14.6 Å². The quantitative estimate of drug-likeness (QED) is 0.908. The number of amides is 2. The van der Waals surface area contributed by atoms with Crippen molar-refractivity contribution in [1.82, 2.24) is 15.2 Å². The van der Waals surface area contributed by atoms with Crippen LogP contribution in [0.25, 0.3) is 0 Å². The number of carbonyl (C=O) groups is 2. The largest absolute Gasteiger partial charge is 0.340 e. The summed E-state index contributed by atoms with van der Waals surface area (Å²) < 4.78 is 0.869. The van der Waals surface area contributed by atoms with Crippen molar-refractivity contribution in [3.8, 4) is 0 Å². The average molecular weight is 338 g/mol. The van der Waals surface area contributed by atoms with Crippen molar-refractivity contribution in [2.24, 2.45) is 5.92 Å². The van der Waals surface area contributed by atoms with Gasteiger partial charge in [-0.2, -0.15) is 0 Å². The molecule has 1 aromatic rings. The molecule has 0 bridgehead atoms. The lowest BCUT2D eigenvalue weighted by Crippen LogP contribution is -2.66. The summed E-state index contributed by atoms with van der Waals surface area (Å²) in [6.07, 6.45) is 5.44. The minimum Gasteiger partial charge on any atom is -0.340 e. The van der Waals surface area contributed by atoms with Gasteiger partial charge in [-0.15, -0.1) is 0 Å². The molecule has 5 nitrogen and oxygen atoms in total. The van der Waals surface area contributed by atoms with Crippen molar-refractivity contribution >= 4 is 27.7 Å². The summed E-state index contributed by atoms with van der Waals surface area (Å²) in [5.41, 5.74) is 0.190. The number of hydrogen-bond donors (Lipinski definition) is 1. The second kappa shape index (κ2) is 4.84. The fourth-order valence-corrected chi connectivity index (χ4v) is 3.20. The van der Waals surface area contributed by atoms with Crippen LogP contribution in [0.1, 0.15) is 25.3 Å². The van der Waals surface area contributed by atoms with Gasteiger partial charge >= 0.3 is 0 Å². The van der Waals surface area contributed by atoms with Gasteiger partial charge in [-0.25, -0.2) is 0 Å². The van der Waals surface area contributed by atoms with Crippen molar-refractivity contribution in [3.63, 3.8) is 0 Å². The molecule has 0 spiro atoms. The van der Waals surface area contributed by atoms with E-state index in [0.717, 1.165) is 22.9 Å². The van der Waals surface area contributed by atoms with E-state index in [0.29, 0.717) is 6.54 Å². The summed E-state index contributed by atoms with van der Waals surface area (Å²) >= 11 is 3.36. The molecule has 2 amide bonds. The maximum Gasteiger partial charge on any atom is 0.249 e. The third-order valence-corrected chi connectivity index (χ3v) is 4.43. The number of carbonyl (C=O) groups excluding carboxylic acids is 2. The van der Waals surface area contributed by atoms with E-state index in [9.17, 15) is 9.59 Å². The van der Waals surface area contributed by atoms with Crippen molar-refractivity contribution in [2.75, 3.05) is 6.54 Å². The van der Waals surface area contributed by atoms with Gasteiger partial charge in [0.2, 0.25) is 11.8 Å². The van der Waals surface area contributed by atoms with E-state index in [4.69, 9.17) is 0 Å².